The standard InChI is InChI=1S/C13H11BrN2O2/c1-16-12(15-7-6-13(16)18)8-11(17)9-2-4-10(14)5-3-9/h2-8,17H,1H3/b11-8-. The molecule has 1 aromatic carbocycles. The van der Waals surface area contributed by atoms with Gasteiger partial charge in [0.2, 0.25) is 0 Å². The minimum Gasteiger partial charge on any atom is -0.507 e. The van der Waals surface area contributed by atoms with E-state index in [1.54, 1.807) is 19.2 Å². The predicted octanol–water partition coefficient (Wildman–Crippen LogP) is 2.60. The number of rotatable bonds is 2. The van der Waals surface area contributed by atoms with E-state index in [2.05, 4.69) is 20.9 Å². The Hall–Kier alpha value is -1.88. The third-order valence-electron chi connectivity index (χ3n) is 2.50. The van der Waals surface area contributed by atoms with Crippen LogP contribution < -0.4 is 5.56 Å². The van der Waals surface area contributed by atoms with Gasteiger partial charge in [0.25, 0.3) is 5.56 Å². The maximum absolute atomic E-state index is 11.4. The highest BCUT2D eigenvalue weighted by Crippen LogP contribution is 2.17. The molecule has 0 spiro atoms. The van der Waals surface area contributed by atoms with E-state index >= 15 is 0 Å². The van der Waals surface area contributed by atoms with E-state index < -0.39 is 0 Å². The Labute approximate surface area is 112 Å². The molecule has 0 bridgehead atoms. The first-order valence-corrected chi connectivity index (χ1v) is 6.06. The molecule has 0 fully saturated rings. The van der Waals surface area contributed by atoms with Crippen molar-refractivity contribution >= 4 is 27.8 Å². The van der Waals surface area contributed by atoms with Gasteiger partial charge in [-0.05, 0) is 12.1 Å². The van der Waals surface area contributed by atoms with Crippen LogP contribution in [0.15, 0.2) is 45.8 Å². The van der Waals surface area contributed by atoms with Crippen molar-refractivity contribution in [2.24, 2.45) is 7.05 Å². The van der Waals surface area contributed by atoms with Gasteiger partial charge in [0.05, 0.1) is 0 Å². The van der Waals surface area contributed by atoms with Crippen LogP contribution in [0.25, 0.3) is 11.8 Å². The molecule has 0 saturated heterocycles. The van der Waals surface area contributed by atoms with Crippen LogP contribution in [0.1, 0.15) is 11.4 Å². The van der Waals surface area contributed by atoms with Gasteiger partial charge in [0, 0.05) is 35.4 Å². The van der Waals surface area contributed by atoms with E-state index in [0.29, 0.717) is 11.4 Å². The van der Waals surface area contributed by atoms with Gasteiger partial charge >= 0.3 is 0 Å². The number of hydrogen-bond acceptors (Lipinski definition) is 3. The van der Waals surface area contributed by atoms with Crippen molar-refractivity contribution in [1.29, 1.82) is 0 Å². The fourth-order valence-electron chi connectivity index (χ4n) is 1.45. The molecule has 18 heavy (non-hydrogen) atoms. The number of aliphatic hydroxyl groups is 1. The minimum atomic E-state index is -0.167. The molecular formula is C13H11BrN2O2. The van der Waals surface area contributed by atoms with Crippen LogP contribution in [0.3, 0.4) is 0 Å². The van der Waals surface area contributed by atoms with Gasteiger partial charge in [-0.25, -0.2) is 4.98 Å². The molecule has 0 radical (unpaired) electrons. The van der Waals surface area contributed by atoms with Crippen molar-refractivity contribution in [3.63, 3.8) is 0 Å². The average molecular weight is 307 g/mol. The molecule has 0 aliphatic carbocycles. The smallest absolute Gasteiger partial charge is 0.253 e. The van der Waals surface area contributed by atoms with E-state index in [1.807, 2.05) is 12.1 Å². The summed E-state index contributed by atoms with van der Waals surface area (Å²) in [7, 11) is 1.61. The minimum absolute atomic E-state index is 0.0659. The van der Waals surface area contributed by atoms with Crippen LogP contribution in [-0.4, -0.2) is 14.7 Å². The summed E-state index contributed by atoms with van der Waals surface area (Å²) in [5.74, 6) is 0.471. The monoisotopic (exact) mass is 306 g/mol. The molecule has 0 atom stereocenters. The summed E-state index contributed by atoms with van der Waals surface area (Å²) >= 11 is 3.32. The molecule has 5 heteroatoms. The SMILES string of the molecule is Cn1c(/C=C(\O)c2ccc(Br)cc2)nccc1=O. The van der Waals surface area contributed by atoms with E-state index in [-0.39, 0.29) is 11.3 Å². The highest BCUT2D eigenvalue weighted by Gasteiger charge is 2.02. The van der Waals surface area contributed by atoms with Crippen LogP contribution in [0.5, 0.6) is 0 Å². The highest BCUT2D eigenvalue weighted by atomic mass is 79.9. The first kappa shape index (κ1) is 12.6. The van der Waals surface area contributed by atoms with E-state index in [4.69, 9.17) is 0 Å². The fourth-order valence-corrected chi connectivity index (χ4v) is 1.71. The van der Waals surface area contributed by atoms with Gasteiger partial charge < -0.3 is 5.11 Å². The van der Waals surface area contributed by atoms with Gasteiger partial charge in [-0.15, -0.1) is 0 Å². The Kier molecular flexibility index (Phi) is 3.62. The second-order valence-electron chi connectivity index (χ2n) is 3.74. The third-order valence-corrected chi connectivity index (χ3v) is 3.03. The Balaban J connectivity index is 2.41. The topological polar surface area (TPSA) is 55.1 Å². The third kappa shape index (κ3) is 2.68. The van der Waals surface area contributed by atoms with Gasteiger partial charge in [0.15, 0.2) is 0 Å². The summed E-state index contributed by atoms with van der Waals surface area (Å²) in [5, 5.41) is 9.97. The molecule has 0 saturated carbocycles. The van der Waals surface area contributed by atoms with Gasteiger partial charge in [0.1, 0.15) is 11.6 Å². The first-order chi connectivity index (χ1) is 8.58. The molecule has 0 aliphatic rings. The Morgan fingerprint density at radius 1 is 1.33 bits per heavy atom. The summed E-state index contributed by atoms with van der Waals surface area (Å²) in [4.78, 5) is 15.4. The Bertz CT molecular complexity index is 645. The lowest BCUT2D eigenvalue weighted by atomic mass is 10.2. The molecule has 1 aromatic heterocycles. The summed E-state index contributed by atoms with van der Waals surface area (Å²) < 4.78 is 2.30. The molecule has 2 aromatic rings. The quantitative estimate of drug-likeness (QED) is 0.868. The fraction of sp³-hybridized carbons (Fsp3) is 0.0769. The maximum Gasteiger partial charge on any atom is 0.253 e. The molecule has 92 valence electrons. The van der Waals surface area contributed by atoms with Crippen LogP contribution >= 0.6 is 15.9 Å². The second-order valence-corrected chi connectivity index (χ2v) is 4.65. The van der Waals surface area contributed by atoms with E-state index in [0.717, 1.165) is 4.47 Å². The maximum atomic E-state index is 11.4. The number of benzene rings is 1. The zero-order valence-corrected chi connectivity index (χ0v) is 11.3. The number of halogens is 1. The lowest BCUT2D eigenvalue weighted by Crippen LogP contribution is -2.18. The zero-order valence-electron chi connectivity index (χ0n) is 9.67. The Morgan fingerprint density at radius 2 is 2.00 bits per heavy atom. The highest BCUT2D eigenvalue weighted by molar-refractivity contribution is 9.10. The molecule has 1 heterocycles. The molecule has 0 amide bonds. The largest absolute Gasteiger partial charge is 0.507 e. The van der Waals surface area contributed by atoms with Crippen LogP contribution in [0.4, 0.5) is 0 Å². The lowest BCUT2D eigenvalue weighted by molar-refractivity contribution is 0.515. The van der Waals surface area contributed by atoms with Crippen molar-refractivity contribution < 1.29 is 5.11 Å². The number of nitrogens with zero attached hydrogens (tertiary/aromatic N) is 2. The normalized spacial score (nSPS) is 11.6. The van der Waals surface area contributed by atoms with Crippen molar-refractivity contribution in [3.8, 4) is 0 Å². The van der Waals surface area contributed by atoms with E-state index in [1.165, 1.54) is 22.9 Å². The first-order valence-electron chi connectivity index (χ1n) is 5.26. The van der Waals surface area contributed by atoms with Gasteiger partial charge in [-0.3, -0.25) is 9.36 Å². The molecule has 0 unspecified atom stereocenters. The average Bonchev–Trinajstić information content (AvgIpc) is 2.36. The van der Waals surface area contributed by atoms with E-state index in [9.17, 15) is 9.90 Å². The summed E-state index contributed by atoms with van der Waals surface area (Å²) in [6.45, 7) is 0. The summed E-state index contributed by atoms with van der Waals surface area (Å²) in [5.41, 5.74) is 0.496. The van der Waals surface area contributed by atoms with Crippen molar-refractivity contribution in [2.75, 3.05) is 0 Å². The van der Waals surface area contributed by atoms with Gasteiger partial charge in [-0.2, -0.15) is 0 Å². The lowest BCUT2D eigenvalue weighted by Gasteiger charge is -2.04. The molecule has 1 N–H and O–H groups in total. The summed E-state index contributed by atoms with van der Waals surface area (Å²) in [6, 6.07) is 8.58. The van der Waals surface area contributed by atoms with Crippen LogP contribution in [0, 0.1) is 0 Å². The van der Waals surface area contributed by atoms with Crippen molar-refractivity contribution in [3.05, 3.63) is 62.7 Å². The number of hydrogen-bond donors (Lipinski definition) is 1. The van der Waals surface area contributed by atoms with Crippen LogP contribution in [-0.2, 0) is 7.05 Å². The predicted molar refractivity (Wildman–Crippen MR) is 74.1 cm³/mol. The van der Waals surface area contributed by atoms with Crippen molar-refractivity contribution in [2.45, 2.75) is 0 Å². The van der Waals surface area contributed by atoms with Crippen LogP contribution in [0.2, 0.25) is 0 Å². The molecular weight excluding hydrogens is 296 g/mol. The molecule has 0 aliphatic heterocycles. The molecule has 4 nitrogen and oxygen atoms in total. The summed E-state index contributed by atoms with van der Waals surface area (Å²) in [6.07, 6.45) is 2.88. The second kappa shape index (κ2) is 5.18. The van der Waals surface area contributed by atoms with Gasteiger partial charge in [-0.1, -0.05) is 28.1 Å². The zero-order chi connectivity index (χ0) is 13.1. The molecule has 2 rings (SSSR count). The number of aliphatic hydroxyl groups excluding tert-OH is 1. The number of aromatic nitrogens is 2. The van der Waals surface area contributed by atoms with Crippen molar-refractivity contribution in [1.82, 2.24) is 9.55 Å². The Morgan fingerprint density at radius 3 is 2.67 bits per heavy atom.